The predicted molar refractivity (Wildman–Crippen MR) is 159 cm³/mol. The van der Waals surface area contributed by atoms with Crippen LogP contribution in [0.15, 0.2) is 96.0 Å². The zero-order valence-electron chi connectivity index (χ0n) is 21.4. The van der Waals surface area contributed by atoms with Gasteiger partial charge in [0.25, 0.3) is 0 Å². The molecule has 0 aliphatic heterocycles. The minimum Gasteiger partial charge on any atom is -0.366 e. The summed E-state index contributed by atoms with van der Waals surface area (Å²) in [4.78, 5) is 5.64. The number of nitrogens with zero attached hydrogens (tertiary/aromatic N) is 1. The van der Waals surface area contributed by atoms with Crippen molar-refractivity contribution in [3.63, 3.8) is 0 Å². The van der Waals surface area contributed by atoms with Crippen molar-refractivity contribution in [1.29, 1.82) is 0 Å². The van der Waals surface area contributed by atoms with Crippen LogP contribution in [-0.2, 0) is 0 Å². The van der Waals surface area contributed by atoms with Crippen LogP contribution in [-0.4, -0.2) is 23.1 Å². The van der Waals surface area contributed by atoms with E-state index in [4.69, 9.17) is 4.99 Å². The third-order valence-corrected chi connectivity index (χ3v) is 11.2. The van der Waals surface area contributed by atoms with E-state index in [0.29, 0.717) is 12.1 Å². The van der Waals surface area contributed by atoms with Crippen molar-refractivity contribution >= 4 is 34.6 Å². The summed E-state index contributed by atoms with van der Waals surface area (Å²) < 4.78 is 0. The highest BCUT2D eigenvalue weighted by molar-refractivity contribution is 8.01. The maximum absolute atomic E-state index is 5.64. The molecule has 0 amide bonds. The zero-order valence-corrected chi connectivity index (χ0v) is 22.3. The van der Waals surface area contributed by atoms with Gasteiger partial charge in [-0.2, -0.15) is 0 Å². The zero-order chi connectivity index (χ0) is 24.5. The van der Waals surface area contributed by atoms with E-state index in [1.165, 1.54) is 86.0 Å². The summed E-state index contributed by atoms with van der Waals surface area (Å²) in [6.07, 6.45) is 15.0. The van der Waals surface area contributed by atoms with E-state index < -0.39 is 6.89 Å². The Morgan fingerprint density at radius 1 is 0.667 bits per heavy atom. The lowest BCUT2D eigenvalue weighted by Crippen LogP contribution is -2.41. The normalized spacial score (nSPS) is 17.8. The van der Waals surface area contributed by atoms with Gasteiger partial charge in [-0.05, 0) is 47.9 Å². The predicted octanol–water partition coefficient (Wildman–Crippen LogP) is 7.38. The lowest BCUT2D eigenvalue weighted by molar-refractivity contribution is 0.410. The summed E-state index contributed by atoms with van der Waals surface area (Å²) in [6.45, 7) is -2.28. The largest absolute Gasteiger partial charge is 0.366 e. The highest BCUT2D eigenvalue weighted by Gasteiger charge is 2.32. The molecular formula is C33H39N2P. The van der Waals surface area contributed by atoms with Crippen LogP contribution < -0.4 is 15.9 Å². The van der Waals surface area contributed by atoms with Gasteiger partial charge in [0.05, 0.1) is 12.9 Å². The average molecular weight is 495 g/mol. The Morgan fingerprint density at radius 2 is 1.17 bits per heavy atom. The van der Waals surface area contributed by atoms with E-state index in [1.807, 2.05) is 0 Å². The van der Waals surface area contributed by atoms with Crippen LogP contribution >= 0.6 is 6.89 Å². The molecule has 3 aromatic rings. The molecule has 0 bridgehead atoms. The summed E-state index contributed by atoms with van der Waals surface area (Å²) in [5.74, 6) is 0. The van der Waals surface area contributed by atoms with Crippen molar-refractivity contribution in [1.82, 2.24) is 5.32 Å². The second-order valence-electron chi connectivity index (χ2n) is 10.2. The Kier molecular flexibility index (Phi) is 8.60. The second-order valence-corrected chi connectivity index (χ2v) is 13.3. The first-order chi connectivity index (χ1) is 17.8. The maximum Gasteiger partial charge on any atom is 0.136 e. The number of amidine groups is 1. The van der Waals surface area contributed by atoms with Gasteiger partial charge in [-0.25, -0.2) is 0 Å². The van der Waals surface area contributed by atoms with E-state index in [1.54, 1.807) is 0 Å². The smallest absolute Gasteiger partial charge is 0.136 e. The van der Waals surface area contributed by atoms with Crippen LogP contribution in [0.25, 0.3) is 6.08 Å². The molecule has 0 atom stereocenters. The number of hydrogen-bond donors (Lipinski definition) is 1. The molecule has 2 fully saturated rings. The van der Waals surface area contributed by atoms with Gasteiger partial charge < -0.3 is 5.32 Å². The van der Waals surface area contributed by atoms with Crippen LogP contribution in [0.3, 0.4) is 0 Å². The number of rotatable bonds is 6. The van der Waals surface area contributed by atoms with Crippen LogP contribution in [0.2, 0.25) is 0 Å². The molecule has 0 radical (unpaired) electrons. The first-order valence-corrected chi connectivity index (χ1v) is 15.6. The third-order valence-electron chi connectivity index (χ3n) is 7.65. The molecule has 1 N–H and O–H groups in total. The van der Waals surface area contributed by atoms with Gasteiger partial charge in [0.2, 0.25) is 0 Å². The number of benzene rings is 3. The minimum atomic E-state index is -2.28. The fraction of sp³-hybridized carbons (Fsp3) is 0.364. The van der Waals surface area contributed by atoms with E-state index in [0.717, 1.165) is 0 Å². The number of hydrogen-bond acceptors (Lipinski definition) is 1. The van der Waals surface area contributed by atoms with Crippen molar-refractivity contribution in [2.45, 2.75) is 76.3 Å². The highest BCUT2D eigenvalue weighted by atomic mass is 31.2. The summed E-state index contributed by atoms with van der Waals surface area (Å²) in [5, 5.41) is 6.74. The first kappa shape index (κ1) is 24.9. The van der Waals surface area contributed by atoms with Crippen LogP contribution in [0.5, 0.6) is 0 Å². The molecule has 0 heterocycles. The molecule has 0 unspecified atom stereocenters. The van der Waals surface area contributed by atoms with E-state index in [9.17, 15) is 0 Å². The lowest BCUT2D eigenvalue weighted by atomic mass is 9.95. The topological polar surface area (TPSA) is 24.4 Å². The van der Waals surface area contributed by atoms with Crippen LogP contribution in [0.1, 0.15) is 69.8 Å². The molecule has 0 aromatic heterocycles. The van der Waals surface area contributed by atoms with Gasteiger partial charge in [0.1, 0.15) is 5.58 Å². The standard InChI is InChI=1S/C33H39N2P/c1-6-16-28(17-7-1)26-27-36(31-22-12-4-13-23-31,32-24-14-5-15-25-32)33(34-29-18-8-2-9-19-29)35-30-20-10-3-11-21-30/h1,4-7,12-17,22-26,29-30H,2-3,8-11,18-21H2,(H,34,35). The fourth-order valence-corrected chi connectivity index (χ4v) is 9.16. The molecule has 2 aliphatic carbocycles. The highest BCUT2D eigenvalue weighted by Crippen LogP contribution is 2.46. The molecular weight excluding hydrogens is 455 g/mol. The molecule has 0 spiro atoms. The Hall–Kier alpha value is -2.79. The molecule has 3 aromatic carbocycles. The number of nitrogens with one attached hydrogen (secondary N) is 1. The Bertz CT molecular complexity index is 1150. The summed E-state index contributed by atoms with van der Waals surface area (Å²) in [7, 11) is 0. The van der Waals surface area contributed by atoms with Gasteiger partial charge in [-0.15, -0.1) is 5.45 Å². The SMILES string of the molecule is C(=Cc1ccccc1)=P(C(=NC1CCCCC1)NC1CCCCC1)(c1ccccc1)c1ccccc1. The second kappa shape index (κ2) is 12.4. The van der Waals surface area contributed by atoms with Crippen molar-refractivity contribution < 1.29 is 0 Å². The first-order valence-electron chi connectivity index (χ1n) is 13.9. The summed E-state index contributed by atoms with van der Waals surface area (Å²) in [6, 6.07) is 33.7. The quantitative estimate of drug-likeness (QED) is 0.216. The lowest BCUT2D eigenvalue weighted by Gasteiger charge is -2.33. The fourth-order valence-electron chi connectivity index (χ4n) is 5.66. The molecule has 2 aliphatic rings. The van der Waals surface area contributed by atoms with Crippen molar-refractivity contribution in [3.05, 3.63) is 96.6 Å². The van der Waals surface area contributed by atoms with Crippen LogP contribution in [0, 0.1) is 0 Å². The van der Waals surface area contributed by atoms with Gasteiger partial charge in [0, 0.05) is 6.04 Å². The molecule has 5 rings (SSSR count). The molecule has 186 valence electrons. The Balaban J connectivity index is 1.77. The summed E-state index contributed by atoms with van der Waals surface area (Å²) in [5.41, 5.74) is 6.42. The molecule has 2 nitrogen and oxygen atoms in total. The van der Waals surface area contributed by atoms with Crippen LogP contribution in [0.4, 0.5) is 0 Å². The van der Waals surface area contributed by atoms with Gasteiger partial charge in [0.15, 0.2) is 0 Å². The maximum atomic E-state index is 5.64. The monoisotopic (exact) mass is 494 g/mol. The third kappa shape index (κ3) is 5.95. The van der Waals surface area contributed by atoms with Crippen molar-refractivity contribution in [2.24, 2.45) is 4.99 Å². The Morgan fingerprint density at radius 3 is 1.72 bits per heavy atom. The van der Waals surface area contributed by atoms with E-state index in [2.05, 4.69) is 108 Å². The van der Waals surface area contributed by atoms with Gasteiger partial charge in [-0.3, -0.25) is 4.99 Å². The van der Waals surface area contributed by atoms with Gasteiger partial charge in [-0.1, -0.05) is 130 Å². The molecule has 2 saturated carbocycles. The Labute approximate surface area is 217 Å². The van der Waals surface area contributed by atoms with Crippen molar-refractivity contribution in [2.75, 3.05) is 0 Å². The van der Waals surface area contributed by atoms with E-state index in [-0.39, 0.29) is 0 Å². The minimum absolute atomic E-state index is 0.398. The molecule has 0 saturated heterocycles. The molecule has 3 heteroatoms. The summed E-state index contributed by atoms with van der Waals surface area (Å²) >= 11 is 0. The number of aliphatic imine (C=N–C) groups is 1. The molecule has 36 heavy (non-hydrogen) atoms. The van der Waals surface area contributed by atoms with E-state index >= 15 is 0 Å². The van der Waals surface area contributed by atoms with Gasteiger partial charge >= 0.3 is 0 Å². The van der Waals surface area contributed by atoms with Crippen molar-refractivity contribution in [3.8, 4) is 0 Å². The average Bonchev–Trinajstić information content (AvgIpc) is 2.96.